The van der Waals surface area contributed by atoms with Crippen LogP contribution in [0.25, 0.3) is 44.6 Å². The number of carbonyl (C=O) groups excluding carboxylic acids is 4. The van der Waals surface area contributed by atoms with E-state index in [4.69, 9.17) is 21.7 Å². The molecule has 0 spiro atoms. The SMILES string of the molecule is CC#CC(=O)N1CCC(n2nc(-c3ccc(C(=O)Nc4ccccn4)cc3)c3c(N)ncnc32)CC1.CC#CC(=O)N1CCC(n2nc(-c3ccc(C(=O)Nc4nccs4)cc3)c3c(N)ncnc32)CC1. The summed E-state index contributed by atoms with van der Waals surface area (Å²) < 4.78 is 3.77. The Morgan fingerprint density at radius 1 is 0.592 bits per heavy atom. The lowest BCUT2D eigenvalue weighted by Crippen LogP contribution is -2.38. The number of rotatable bonds is 8. The molecular weight excluding hydrogens is 921 g/mol. The molecule has 0 radical (unpaired) electrons. The molecule has 2 fully saturated rings. The Kier molecular flexibility index (Phi) is 13.9. The number of anilines is 4. The summed E-state index contributed by atoms with van der Waals surface area (Å²) in [5.41, 5.74) is 17.7. The quantitative estimate of drug-likeness (QED) is 0.130. The highest BCUT2D eigenvalue weighted by Gasteiger charge is 2.29. The van der Waals surface area contributed by atoms with E-state index in [9.17, 15) is 19.2 Å². The van der Waals surface area contributed by atoms with Gasteiger partial charge in [0.25, 0.3) is 23.6 Å². The molecule has 2 aliphatic rings. The van der Waals surface area contributed by atoms with Crippen molar-refractivity contribution in [3.8, 4) is 46.2 Å². The lowest BCUT2D eigenvalue weighted by molar-refractivity contribution is -0.127. The predicted molar refractivity (Wildman–Crippen MR) is 269 cm³/mol. The Hall–Kier alpha value is -9.08. The van der Waals surface area contributed by atoms with Gasteiger partial charge in [-0.25, -0.2) is 39.3 Å². The van der Waals surface area contributed by atoms with E-state index in [-0.39, 0.29) is 35.7 Å². The summed E-state index contributed by atoms with van der Waals surface area (Å²) in [5, 5.41) is 19.0. The van der Waals surface area contributed by atoms with Crippen LogP contribution in [0.3, 0.4) is 0 Å². The van der Waals surface area contributed by atoms with Gasteiger partial charge in [0.2, 0.25) is 0 Å². The van der Waals surface area contributed by atoms with Gasteiger partial charge in [0.05, 0.1) is 22.9 Å². The van der Waals surface area contributed by atoms with E-state index in [1.165, 1.54) is 24.0 Å². The number of nitrogens with one attached hydrogen (secondary N) is 2. The fraction of sp³-hybridized carbons (Fsp3) is 0.240. The molecule has 6 N–H and O–H groups in total. The molecule has 4 amide bonds. The molecule has 71 heavy (non-hydrogen) atoms. The maximum Gasteiger partial charge on any atom is 0.298 e. The first-order chi connectivity index (χ1) is 34.6. The van der Waals surface area contributed by atoms with Crippen molar-refractivity contribution in [1.29, 1.82) is 0 Å². The van der Waals surface area contributed by atoms with Crippen molar-refractivity contribution in [2.75, 3.05) is 48.3 Å². The van der Waals surface area contributed by atoms with Crippen LogP contribution in [-0.2, 0) is 9.59 Å². The average molecular weight is 967 g/mol. The molecule has 2 aromatic carbocycles. The van der Waals surface area contributed by atoms with E-state index < -0.39 is 0 Å². The Morgan fingerprint density at radius 2 is 1.07 bits per heavy atom. The van der Waals surface area contributed by atoms with E-state index in [1.54, 1.807) is 83.9 Å². The van der Waals surface area contributed by atoms with Crippen LogP contribution in [0.4, 0.5) is 22.6 Å². The molecule has 2 aliphatic heterocycles. The fourth-order valence-corrected chi connectivity index (χ4v) is 9.07. The van der Waals surface area contributed by atoms with Crippen molar-refractivity contribution in [2.45, 2.75) is 51.6 Å². The van der Waals surface area contributed by atoms with Crippen LogP contribution in [0, 0.1) is 23.7 Å². The van der Waals surface area contributed by atoms with Crippen LogP contribution >= 0.6 is 11.3 Å². The molecule has 0 aliphatic carbocycles. The third kappa shape index (κ3) is 10.2. The molecule has 2 saturated heterocycles. The first-order valence-corrected chi connectivity index (χ1v) is 23.5. The third-order valence-electron chi connectivity index (χ3n) is 12.1. The third-order valence-corrected chi connectivity index (χ3v) is 12.8. The number of nitrogens with zero attached hydrogens (tertiary/aromatic N) is 12. The van der Waals surface area contributed by atoms with Gasteiger partial charge >= 0.3 is 0 Å². The number of hydrogen-bond donors (Lipinski definition) is 4. The molecule has 0 saturated carbocycles. The second-order valence-electron chi connectivity index (χ2n) is 16.4. The molecule has 20 nitrogen and oxygen atoms in total. The van der Waals surface area contributed by atoms with Gasteiger partial charge < -0.3 is 26.6 Å². The number of amides is 4. The Bertz CT molecular complexity index is 3370. The molecule has 0 bridgehead atoms. The summed E-state index contributed by atoms with van der Waals surface area (Å²) in [4.78, 5) is 78.4. The Morgan fingerprint density at radius 3 is 1.49 bits per heavy atom. The fourth-order valence-electron chi connectivity index (χ4n) is 8.54. The largest absolute Gasteiger partial charge is 0.383 e. The lowest BCUT2D eigenvalue weighted by Gasteiger charge is -2.30. The van der Waals surface area contributed by atoms with Crippen LogP contribution < -0.4 is 22.1 Å². The molecule has 21 heteroatoms. The summed E-state index contributed by atoms with van der Waals surface area (Å²) in [6.45, 7) is 5.69. The normalized spacial score (nSPS) is 13.8. The van der Waals surface area contributed by atoms with Crippen LogP contribution in [0.1, 0.15) is 72.3 Å². The highest BCUT2D eigenvalue weighted by Crippen LogP contribution is 2.36. The van der Waals surface area contributed by atoms with E-state index >= 15 is 0 Å². The Labute approximate surface area is 410 Å². The molecule has 0 atom stereocenters. The number of piperidine rings is 2. The summed E-state index contributed by atoms with van der Waals surface area (Å²) in [6.07, 6.45) is 9.03. The molecular formula is C50H46N16O4S. The monoisotopic (exact) mass is 966 g/mol. The molecule has 6 aromatic heterocycles. The first kappa shape index (κ1) is 47.0. The number of thiazole rings is 1. The number of nitrogens with two attached hydrogens (primary N) is 2. The van der Waals surface area contributed by atoms with Gasteiger partial charge in [-0.15, -0.1) is 11.3 Å². The number of nitrogen functional groups attached to an aromatic ring is 2. The molecule has 8 heterocycles. The van der Waals surface area contributed by atoms with Gasteiger partial charge in [-0.2, -0.15) is 10.2 Å². The van der Waals surface area contributed by atoms with Crippen molar-refractivity contribution in [2.24, 2.45) is 0 Å². The minimum absolute atomic E-state index is 0.0533. The maximum absolute atomic E-state index is 12.6. The second-order valence-corrected chi connectivity index (χ2v) is 17.3. The van der Waals surface area contributed by atoms with E-state index in [2.05, 4.69) is 64.2 Å². The minimum Gasteiger partial charge on any atom is -0.383 e. The van der Waals surface area contributed by atoms with Gasteiger partial charge in [-0.05, 0) is 87.8 Å². The van der Waals surface area contributed by atoms with Gasteiger partial charge in [0.15, 0.2) is 16.4 Å². The molecule has 10 rings (SSSR count). The van der Waals surface area contributed by atoms with E-state index in [0.717, 1.165) is 36.8 Å². The van der Waals surface area contributed by atoms with E-state index in [0.29, 0.717) is 93.3 Å². The number of hydrogen-bond acceptors (Lipinski definition) is 15. The van der Waals surface area contributed by atoms with Crippen molar-refractivity contribution >= 4 is 79.6 Å². The highest BCUT2D eigenvalue weighted by atomic mass is 32.1. The van der Waals surface area contributed by atoms with Crippen LogP contribution in [0.15, 0.2) is 97.2 Å². The summed E-state index contributed by atoms with van der Waals surface area (Å²) in [5.74, 6) is 10.9. The molecule has 356 valence electrons. The lowest BCUT2D eigenvalue weighted by atomic mass is 10.0. The molecule has 0 unspecified atom stereocenters. The van der Waals surface area contributed by atoms with Crippen molar-refractivity contribution in [1.82, 2.24) is 59.3 Å². The zero-order valence-electron chi connectivity index (χ0n) is 38.6. The number of carbonyl (C=O) groups is 4. The zero-order chi connectivity index (χ0) is 49.4. The van der Waals surface area contributed by atoms with Gasteiger partial charge in [-0.1, -0.05) is 42.2 Å². The molecule has 8 aromatic rings. The van der Waals surface area contributed by atoms with E-state index in [1.807, 2.05) is 33.6 Å². The number of benzene rings is 2. The summed E-state index contributed by atoms with van der Waals surface area (Å²) >= 11 is 1.36. The summed E-state index contributed by atoms with van der Waals surface area (Å²) in [6, 6.07) is 19.7. The number of fused-ring (bicyclic) bond motifs is 2. The minimum atomic E-state index is -0.257. The van der Waals surface area contributed by atoms with Gasteiger partial charge in [0.1, 0.15) is 41.5 Å². The Balaban J connectivity index is 0.000000176. The van der Waals surface area contributed by atoms with Crippen LogP contribution in [-0.4, -0.2) is 109 Å². The number of aromatic nitrogens is 10. The van der Waals surface area contributed by atoms with Crippen molar-refractivity contribution in [3.63, 3.8) is 0 Å². The van der Waals surface area contributed by atoms with Crippen molar-refractivity contribution in [3.05, 3.63) is 108 Å². The number of pyridine rings is 1. The van der Waals surface area contributed by atoms with Gasteiger partial charge in [-0.3, -0.25) is 24.5 Å². The maximum atomic E-state index is 12.6. The smallest absolute Gasteiger partial charge is 0.298 e. The van der Waals surface area contributed by atoms with Gasteiger partial charge in [0, 0.05) is 66.2 Å². The number of likely N-dealkylation sites (tertiary alicyclic amines) is 2. The zero-order valence-corrected chi connectivity index (χ0v) is 39.4. The highest BCUT2D eigenvalue weighted by molar-refractivity contribution is 7.13. The van der Waals surface area contributed by atoms with Crippen LogP contribution in [0.5, 0.6) is 0 Å². The van der Waals surface area contributed by atoms with Crippen LogP contribution in [0.2, 0.25) is 0 Å². The predicted octanol–water partition coefficient (Wildman–Crippen LogP) is 5.88. The van der Waals surface area contributed by atoms with Crippen molar-refractivity contribution < 1.29 is 19.2 Å². The topological polar surface area (TPSA) is 264 Å². The second kappa shape index (κ2) is 21.1. The first-order valence-electron chi connectivity index (χ1n) is 22.6. The average Bonchev–Trinajstić information content (AvgIpc) is 4.17. The summed E-state index contributed by atoms with van der Waals surface area (Å²) in [7, 11) is 0. The standard InChI is InChI=1S/C26H24N8O2.C24H22N8O2S/c1-2-5-21(35)33-14-11-19(12-15-33)34-25-22(24(27)29-16-30-25)23(32-34)17-7-9-18(10-8-17)26(36)31-20-6-3-4-13-28-20;1-2-3-18(33)31-11-8-17(9-12-31)32-22-19(21(25)27-14-28-22)20(30-32)15-4-6-16(7-5-15)23(34)29-24-26-10-13-35-24/h3-4,6-10,13,16,19H,11-12,14-15H2,1H3,(H2,27,29,30)(H,28,31,36);4-7,10,13-14,17H,8-9,11-12H2,1H3,(H2,25,27,28)(H,26,29,34).